The van der Waals surface area contributed by atoms with Crippen molar-refractivity contribution in [3.63, 3.8) is 0 Å². The Kier molecular flexibility index (Phi) is 10.1. The molecule has 0 aromatic heterocycles. The molecule has 1 atom stereocenters. The topological polar surface area (TPSA) is 86.8 Å². The fourth-order valence-corrected chi connectivity index (χ4v) is 5.97. The van der Waals surface area contributed by atoms with Crippen molar-refractivity contribution in [2.45, 2.75) is 64.6 Å². The molecule has 0 saturated carbocycles. The fraction of sp³-hybridized carbons (Fsp3) is 0.333. The second-order valence-electron chi connectivity index (χ2n) is 10.8. The number of amides is 2. The molecule has 0 aliphatic heterocycles. The lowest BCUT2D eigenvalue weighted by molar-refractivity contribution is -0.140. The van der Waals surface area contributed by atoms with Gasteiger partial charge in [-0.1, -0.05) is 63.4 Å². The van der Waals surface area contributed by atoms with Crippen LogP contribution in [0, 0.1) is 13.8 Å². The first-order valence-corrected chi connectivity index (χ1v) is 15.4. The van der Waals surface area contributed by atoms with Gasteiger partial charge in [-0.05, 0) is 89.1 Å². The molecule has 3 aromatic rings. The Balaban J connectivity index is 2.08. The predicted octanol–water partition coefficient (Wildman–Crippen LogP) is 6.25. The Labute approximate surface area is 250 Å². The first kappa shape index (κ1) is 31.6. The zero-order valence-electron chi connectivity index (χ0n) is 23.5. The van der Waals surface area contributed by atoms with Gasteiger partial charge in [0.05, 0.1) is 10.6 Å². The molecule has 3 aromatic carbocycles. The van der Waals surface area contributed by atoms with Crippen LogP contribution in [-0.2, 0) is 26.2 Å². The molecular formula is C30H35BrClN3O4S. The molecule has 2 amide bonds. The van der Waals surface area contributed by atoms with Crippen LogP contribution in [-0.4, -0.2) is 43.3 Å². The number of rotatable bonds is 9. The molecule has 7 nitrogen and oxygen atoms in total. The Morgan fingerprint density at radius 1 is 0.975 bits per heavy atom. The maximum atomic E-state index is 14.0. The molecule has 0 bridgehead atoms. The summed E-state index contributed by atoms with van der Waals surface area (Å²) in [4.78, 5) is 28.7. The highest BCUT2D eigenvalue weighted by Gasteiger charge is 2.34. The van der Waals surface area contributed by atoms with Gasteiger partial charge in [-0.25, -0.2) is 8.42 Å². The van der Waals surface area contributed by atoms with Crippen LogP contribution < -0.4 is 9.62 Å². The van der Waals surface area contributed by atoms with Crippen LogP contribution in [0.5, 0.6) is 0 Å². The van der Waals surface area contributed by atoms with Gasteiger partial charge in [0, 0.05) is 21.6 Å². The first-order chi connectivity index (χ1) is 18.6. The smallest absolute Gasteiger partial charge is 0.264 e. The number of hydrogen-bond acceptors (Lipinski definition) is 4. The normalized spacial score (nSPS) is 12.5. The monoisotopic (exact) mass is 647 g/mol. The third kappa shape index (κ3) is 7.86. The summed E-state index contributed by atoms with van der Waals surface area (Å²) >= 11 is 9.79. The standard InChI is InChI=1S/C30H35BrClN3O4S/c1-20-10-16-25(17-11-20)40(38,39)35(27-9-7-8-26(32)21(27)2)19-28(36)34(18-23-12-14-24(31)15-13-23)22(3)29(37)33-30(4,5)6/h7-17,22H,18-19H2,1-6H3,(H,33,37)/t22-/m0/s1. The highest BCUT2D eigenvalue weighted by Crippen LogP contribution is 2.31. The zero-order chi connectivity index (χ0) is 29.8. The number of sulfonamides is 1. The minimum Gasteiger partial charge on any atom is -0.350 e. The molecule has 10 heteroatoms. The van der Waals surface area contributed by atoms with Gasteiger partial charge >= 0.3 is 0 Å². The summed E-state index contributed by atoms with van der Waals surface area (Å²) in [6.45, 7) is 10.4. The van der Waals surface area contributed by atoms with Crippen LogP contribution in [0.25, 0.3) is 0 Å². The molecule has 0 radical (unpaired) electrons. The maximum absolute atomic E-state index is 14.0. The number of benzene rings is 3. The Morgan fingerprint density at radius 2 is 1.57 bits per heavy atom. The molecule has 0 saturated heterocycles. The molecule has 0 aliphatic carbocycles. The van der Waals surface area contributed by atoms with Crippen LogP contribution in [0.4, 0.5) is 5.69 Å². The molecule has 1 N–H and O–H groups in total. The van der Waals surface area contributed by atoms with E-state index in [-0.39, 0.29) is 23.0 Å². The first-order valence-electron chi connectivity index (χ1n) is 12.8. The molecule has 0 fully saturated rings. The summed E-state index contributed by atoms with van der Waals surface area (Å²) in [5.74, 6) is -0.876. The van der Waals surface area contributed by atoms with Gasteiger partial charge in [0.25, 0.3) is 10.0 Å². The van der Waals surface area contributed by atoms with E-state index in [9.17, 15) is 18.0 Å². The number of carbonyl (C=O) groups is 2. The Hall–Kier alpha value is -2.88. The molecule has 3 rings (SSSR count). The summed E-state index contributed by atoms with van der Waals surface area (Å²) in [5, 5.41) is 3.30. The molecule has 0 unspecified atom stereocenters. The number of nitrogens with one attached hydrogen (secondary N) is 1. The van der Waals surface area contributed by atoms with Gasteiger partial charge < -0.3 is 10.2 Å². The molecule has 0 spiro atoms. The predicted molar refractivity (Wildman–Crippen MR) is 164 cm³/mol. The van der Waals surface area contributed by atoms with Gasteiger partial charge in [0.15, 0.2) is 0 Å². The summed E-state index contributed by atoms with van der Waals surface area (Å²) in [7, 11) is -4.17. The zero-order valence-corrected chi connectivity index (χ0v) is 26.7. The summed E-state index contributed by atoms with van der Waals surface area (Å²) in [6.07, 6.45) is 0. The SMILES string of the molecule is Cc1ccc(S(=O)(=O)N(CC(=O)N(Cc2ccc(Br)cc2)[C@@H](C)C(=O)NC(C)(C)C)c2cccc(Cl)c2C)cc1. The number of anilines is 1. The summed E-state index contributed by atoms with van der Waals surface area (Å²) < 4.78 is 29.9. The van der Waals surface area contributed by atoms with Gasteiger partial charge in [0.1, 0.15) is 12.6 Å². The van der Waals surface area contributed by atoms with Crippen LogP contribution >= 0.6 is 27.5 Å². The summed E-state index contributed by atoms with van der Waals surface area (Å²) in [5.41, 5.74) is 1.98. The van der Waals surface area contributed by atoms with E-state index in [1.807, 2.05) is 52.0 Å². The maximum Gasteiger partial charge on any atom is 0.264 e. The molecular weight excluding hydrogens is 614 g/mol. The highest BCUT2D eigenvalue weighted by molar-refractivity contribution is 9.10. The van der Waals surface area contributed by atoms with Gasteiger partial charge in [-0.2, -0.15) is 0 Å². The van der Waals surface area contributed by atoms with Crippen molar-refractivity contribution in [2.24, 2.45) is 0 Å². The minimum atomic E-state index is -4.17. The van der Waals surface area contributed by atoms with E-state index < -0.39 is 34.1 Å². The van der Waals surface area contributed by atoms with Crippen LogP contribution in [0.15, 0.2) is 76.1 Å². The third-order valence-electron chi connectivity index (χ3n) is 6.33. The third-order valence-corrected chi connectivity index (χ3v) is 9.04. The number of nitrogens with zero attached hydrogens (tertiary/aromatic N) is 2. The molecule has 40 heavy (non-hydrogen) atoms. The lowest BCUT2D eigenvalue weighted by Gasteiger charge is -2.34. The highest BCUT2D eigenvalue weighted by atomic mass is 79.9. The van der Waals surface area contributed by atoms with Crippen molar-refractivity contribution in [3.8, 4) is 0 Å². The van der Waals surface area contributed by atoms with E-state index in [2.05, 4.69) is 21.2 Å². The number of halogens is 2. The second kappa shape index (κ2) is 12.7. The van der Waals surface area contributed by atoms with E-state index >= 15 is 0 Å². The van der Waals surface area contributed by atoms with E-state index in [4.69, 9.17) is 11.6 Å². The quantitative estimate of drug-likeness (QED) is 0.297. The van der Waals surface area contributed by atoms with Crippen molar-refractivity contribution >= 4 is 55.1 Å². The lowest BCUT2D eigenvalue weighted by atomic mass is 10.1. The number of carbonyl (C=O) groups excluding carboxylic acids is 2. The Morgan fingerprint density at radius 3 is 2.15 bits per heavy atom. The van der Waals surface area contributed by atoms with E-state index in [1.54, 1.807) is 44.2 Å². The van der Waals surface area contributed by atoms with E-state index in [0.29, 0.717) is 10.6 Å². The fourth-order valence-electron chi connectivity index (χ4n) is 4.06. The van der Waals surface area contributed by atoms with Crippen molar-refractivity contribution in [1.82, 2.24) is 10.2 Å². The van der Waals surface area contributed by atoms with Crippen LogP contribution in [0.1, 0.15) is 44.4 Å². The average Bonchev–Trinajstić information content (AvgIpc) is 2.87. The average molecular weight is 649 g/mol. The van der Waals surface area contributed by atoms with E-state index in [1.165, 1.54) is 17.0 Å². The summed E-state index contributed by atoms with van der Waals surface area (Å²) in [6, 6.07) is 17.9. The Bertz CT molecular complexity index is 1470. The number of hydrogen-bond donors (Lipinski definition) is 1. The lowest BCUT2D eigenvalue weighted by Crippen LogP contribution is -2.54. The van der Waals surface area contributed by atoms with Crippen LogP contribution in [0.3, 0.4) is 0 Å². The van der Waals surface area contributed by atoms with Gasteiger partial charge in [0.2, 0.25) is 11.8 Å². The van der Waals surface area contributed by atoms with Crippen molar-refractivity contribution in [1.29, 1.82) is 0 Å². The largest absolute Gasteiger partial charge is 0.350 e. The molecule has 0 aliphatic rings. The van der Waals surface area contributed by atoms with Crippen molar-refractivity contribution in [3.05, 3.63) is 92.9 Å². The molecule has 0 heterocycles. The van der Waals surface area contributed by atoms with Gasteiger partial charge in [-0.3, -0.25) is 13.9 Å². The van der Waals surface area contributed by atoms with Gasteiger partial charge in [-0.15, -0.1) is 0 Å². The van der Waals surface area contributed by atoms with Crippen LogP contribution in [0.2, 0.25) is 5.02 Å². The second-order valence-corrected chi connectivity index (χ2v) is 14.0. The van der Waals surface area contributed by atoms with Crippen molar-refractivity contribution in [2.75, 3.05) is 10.8 Å². The minimum absolute atomic E-state index is 0.0447. The number of aryl methyl sites for hydroxylation is 1. The van der Waals surface area contributed by atoms with Crippen molar-refractivity contribution < 1.29 is 18.0 Å². The molecule has 214 valence electrons. The van der Waals surface area contributed by atoms with E-state index in [0.717, 1.165) is 19.9 Å².